The Hall–Kier alpha value is -2.63. The number of unbranched alkanes of at least 4 members (excludes halogenated alkanes) is 49. The van der Waals surface area contributed by atoms with E-state index in [1.54, 1.807) is 0 Å². The van der Waals surface area contributed by atoms with Gasteiger partial charge in [-0.3, -0.25) is 14.4 Å². The van der Waals surface area contributed by atoms with Crippen molar-refractivity contribution in [2.75, 3.05) is 13.2 Å². The first-order chi connectivity index (χ1) is 40.5. The van der Waals surface area contributed by atoms with Crippen LogP contribution in [0.1, 0.15) is 400 Å². The van der Waals surface area contributed by atoms with Crippen molar-refractivity contribution in [1.82, 2.24) is 0 Å². The minimum Gasteiger partial charge on any atom is -0.462 e. The Bertz CT molecular complexity index is 1410. The molecule has 0 rings (SSSR count). The molecule has 6 heteroatoms. The topological polar surface area (TPSA) is 78.9 Å². The molecule has 0 aromatic heterocycles. The average Bonchev–Trinajstić information content (AvgIpc) is 3.48. The summed E-state index contributed by atoms with van der Waals surface area (Å²) in [7, 11) is 0. The minimum atomic E-state index is -0.775. The van der Waals surface area contributed by atoms with E-state index < -0.39 is 6.10 Å². The van der Waals surface area contributed by atoms with Gasteiger partial charge in [-0.2, -0.15) is 0 Å². The molecule has 0 saturated heterocycles. The van der Waals surface area contributed by atoms with Crippen molar-refractivity contribution in [3.63, 3.8) is 0 Å². The minimum absolute atomic E-state index is 0.0715. The third kappa shape index (κ3) is 68.2. The Kier molecular flexibility index (Phi) is 68.6. The molecule has 6 nitrogen and oxygen atoms in total. The van der Waals surface area contributed by atoms with Crippen LogP contribution in [0.2, 0.25) is 0 Å². The summed E-state index contributed by atoms with van der Waals surface area (Å²) >= 11 is 0. The zero-order valence-corrected chi connectivity index (χ0v) is 55.3. The molecule has 0 saturated carbocycles. The van der Waals surface area contributed by atoms with Gasteiger partial charge < -0.3 is 14.2 Å². The summed E-state index contributed by atoms with van der Waals surface area (Å²) in [5.41, 5.74) is 0. The monoisotopic (exact) mass is 1150 g/mol. The van der Waals surface area contributed by atoms with Gasteiger partial charge >= 0.3 is 17.9 Å². The second-order valence-electron chi connectivity index (χ2n) is 24.8. The van der Waals surface area contributed by atoms with Gasteiger partial charge in [0.1, 0.15) is 13.2 Å². The molecule has 480 valence electrons. The maximum Gasteiger partial charge on any atom is 0.306 e. The lowest BCUT2D eigenvalue weighted by molar-refractivity contribution is -0.167. The Morgan fingerprint density at radius 2 is 0.463 bits per heavy atom. The fourth-order valence-corrected chi connectivity index (χ4v) is 11.0. The van der Waals surface area contributed by atoms with Crippen LogP contribution in [0.3, 0.4) is 0 Å². The van der Waals surface area contributed by atoms with Gasteiger partial charge in [-0.1, -0.05) is 333 Å². The zero-order valence-electron chi connectivity index (χ0n) is 55.3. The van der Waals surface area contributed by atoms with Crippen LogP contribution in [0.15, 0.2) is 48.6 Å². The van der Waals surface area contributed by atoms with Gasteiger partial charge in [-0.25, -0.2) is 0 Å². The predicted molar refractivity (Wildman–Crippen MR) is 358 cm³/mol. The fraction of sp³-hybridized carbons (Fsp3) is 0.855. The molecule has 1 atom stereocenters. The van der Waals surface area contributed by atoms with Crippen LogP contribution in [0.5, 0.6) is 0 Å². The second-order valence-corrected chi connectivity index (χ2v) is 24.8. The Labute approximate surface area is 511 Å². The van der Waals surface area contributed by atoms with Gasteiger partial charge in [0.15, 0.2) is 6.10 Å². The SMILES string of the molecule is CCC/C=C\CCCCCCCC(=O)OCC(COC(=O)CCCCCCCCCCCCCCCCCCC/C=C\C/C=C\CCCCCCC)OC(=O)CCCCCCCCCCCCCCC/C=C\CCCCCCCCCC. The largest absolute Gasteiger partial charge is 0.462 e. The molecule has 0 heterocycles. The molecule has 0 N–H and O–H groups in total. The quantitative estimate of drug-likeness (QED) is 0.0261. The third-order valence-electron chi connectivity index (χ3n) is 16.5. The molecule has 0 spiro atoms. The van der Waals surface area contributed by atoms with Crippen molar-refractivity contribution in [2.45, 2.75) is 406 Å². The summed E-state index contributed by atoms with van der Waals surface area (Å²) in [5.74, 6) is -0.858. The number of hydrogen-bond acceptors (Lipinski definition) is 6. The van der Waals surface area contributed by atoms with E-state index in [1.807, 2.05) is 0 Å². The summed E-state index contributed by atoms with van der Waals surface area (Å²) in [5, 5.41) is 0. The Morgan fingerprint density at radius 3 is 0.732 bits per heavy atom. The smallest absolute Gasteiger partial charge is 0.306 e. The molecule has 0 aromatic carbocycles. The van der Waals surface area contributed by atoms with E-state index in [0.29, 0.717) is 19.3 Å². The first kappa shape index (κ1) is 79.4. The maximum absolute atomic E-state index is 12.9. The maximum atomic E-state index is 12.9. The van der Waals surface area contributed by atoms with Gasteiger partial charge in [-0.15, -0.1) is 0 Å². The van der Waals surface area contributed by atoms with Crippen molar-refractivity contribution in [2.24, 2.45) is 0 Å². The summed E-state index contributed by atoms with van der Waals surface area (Å²) in [6, 6.07) is 0. The molecule has 1 unspecified atom stereocenters. The van der Waals surface area contributed by atoms with Gasteiger partial charge in [0.25, 0.3) is 0 Å². The van der Waals surface area contributed by atoms with Crippen molar-refractivity contribution < 1.29 is 28.6 Å². The van der Waals surface area contributed by atoms with E-state index >= 15 is 0 Å². The van der Waals surface area contributed by atoms with Crippen LogP contribution in [-0.4, -0.2) is 37.2 Å². The first-order valence-corrected chi connectivity index (χ1v) is 36.6. The van der Waals surface area contributed by atoms with E-state index in [1.165, 1.54) is 283 Å². The highest BCUT2D eigenvalue weighted by Gasteiger charge is 2.19. The Morgan fingerprint density at radius 1 is 0.244 bits per heavy atom. The van der Waals surface area contributed by atoms with E-state index in [-0.39, 0.29) is 31.1 Å². The van der Waals surface area contributed by atoms with Crippen molar-refractivity contribution in [3.8, 4) is 0 Å². The number of carbonyl (C=O) groups excluding carboxylic acids is 3. The molecule has 0 aliphatic heterocycles. The molecule has 0 bridgehead atoms. The third-order valence-corrected chi connectivity index (χ3v) is 16.5. The summed E-state index contributed by atoms with van der Waals surface area (Å²) in [4.78, 5) is 38.4. The van der Waals surface area contributed by atoms with Gasteiger partial charge in [0.2, 0.25) is 0 Å². The van der Waals surface area contributed by atoms with E-state index in [9.17, 15) is 14.4 Å². The van der Waals surface area contributed by atoms with E-state index in [2.05, 4.69) is 69.4 Å². The number of rotatable bonds is 68. The molecule has 0 aromatic rings. The van der Waals surface area contributed by atoms with Gasteiger partial charge in [-0.05, 0) is 96.3 Å². The van der Waals surface area contributed by atoms with Crippen LogP contribution in [0, 0.1) is 0 Å². The molecule has 0 fully saturated rings. The molecule has 82 heavy (non-hydrogen) atoms. The Balaban J connectivity index is 4.12. The lowest BCUT2D eigenvalue weighted by Crippen LogP contribution is -2.30. The van der Waals surface area contributed by atoms with Gasteiger partial charge in [0, 0.05) is 19.3 Å². The number of hydrogen-bond donors (Lipinski definition) is 0. The first-order valence-electron chi connectivity index (χ1n) is 36.6. The van der Waals surface area contributed by atoms with E-state index in [4.69, 9.17) is 14.2 Å². The van der Waals surface area contributed by atoms with Crippen LogP contribution in [-0.2, 0) is 28.6 Å². The standard InChI is InChI=1S/C76H140O6/c1-4-7-10-13-16-19-22-24-26-28-30-32-34-36-37-38-39-41-42-44-46-48-50-52-54-57-60-63-66-69-75(78)81-72-73(71-80-74(77)68-65-62-59-56-21-18-15-12-9-6-3)82-76(79)70-67-64-61-58-55-53-51-49-47-45-43-40-35-33-31-29-27-25-23-20-17-14-11-8-5-2/h12,15,22,24,28-31,73H,4-11,13-14,16-21,23,25-27,32-72H2,1-3H3/b15-12-,24-22-,30-28-,31-29-. The molecule has 0 aliphatic rings. The summed E-state index contributed by atoms with van der Waals surface area (Å²) in [6.07, 6.45) is 90.2. The number of ether oxygens (including phenoxy) is 3. The normalized spacial score (nSPS) is 12.3. The van der Waals surface area contributed by atoms with Crippen LogP contribution < -0.4 is 0 Å². The fourth-order valence-electron chi connectivity index (χ4n) is 11.0. The van der Waals surface area contributed by atoms with Gasteiger partial charge in [0.05, 0.1) is 0 Å². The number of esters is 3. The predicted octanol–water partition coefficient (Wildman–Crippen LogP) is 25.3. The molecular formula is C76H140O6. The second kappa shape index (κ2) is 70.9. The lowest BCUT2D eigenvalue weighted by Gasteiger charge is -2.18. The van der Waals surface area contributed by atoms with Crippen molar-refractivity contribution in [3.05, 3.63) is 48.6 Å². The number of carbonyl (C=O) groups is 3. The van der Waals surface area contributed by atoms with Crippen LogP contribution >= 0.6 is 0 Å². The van der Waals surface area contributed by atoms with Crippen LogP contribution in [0.4, 0.5) is 0 Å². The number of allylic oxidation sites excluding steroid dienone is 8. The highest BCUT2D eigenvalue weighted by molar-refractivity contribution is 5.71. The molecular weight excluding hydrogens is 1010 g/mol. The molecule has 0 radical (unpaired) electrons. The lowest BCUT2D eigenvalue weighted by atomic mass is 10.0. The average molecular weight is 1150 g/mol. The van der Waals surface area contributed by atoms with E-state index in [0.717, 1.165) is 77.0 Å². The summed E-state index contributed by atoms with van der Waals surface area (Å²) in [6.45, 7) is 6.63. The van der Waals surface area contributed by atoms with Crippen molar-refractivity contribution >= 4 is 17.9 Å². The highest BCUT2D eigenvalue weighted by atomic mass is 16.6. The molecule has 0 amide bonds. The van der Waals surface area contributed by atoms with Crippen molar-refractivity contribution in [1.29, 1.82) is 0 Å². The zero-order chi connectivity index (χ0) is 59.2. The van der Waals surface area contributed by atoms with Crippen LogP contribution in [0.25, 0.3) is 0 Å². The molecule has 0 aliphatic carbocycles. The summed E-state index contributed by atoms with van der Waals surface area (Å²) < 4.78 is 17.0. The highest BCUT2D eigenvalue weighted by Crippen LogP contribution is 2.18.